The molecule has 6 aromatic carbocycles. The summed E-state index contributed by atoms with van der Waals surface area (Å²) in [5.74, 6) is -7.29. The highest BCUT2D eigenvalue weighted by Gasteiger charge is 2.78. The largest absolute Gasteiger partial charge is 0.457 e. The van der Waals surface area contributed by atoms with Gasteiger partial charge in [-0.2, -0.15) is 0 Å². The maximum absolute atomic E-state index is 15.5. The number of rotatable bonds is 18. The number of aliphatic hydroxyl groups is 3. The number of likely N-dealkylation sites (tertiary alicyclic amines) is 1. The van der Waals surface area contributed by atoms with E-state index in [1.165, 1.54) is 73.3 Å². The van der Waals surface area contributed by atoms with Gasteiger partial charge in [0.25, 0.3) is 5.91 Å². The first-order chi connectivity index (χ1) is 48.1. The third-order valence-electron chi connectivity index (χ3n) is 20.0. The van der Waals surface area contributed by atoms with Gasteiger partial charge in [0.2, 0.25) is 11.8 Å². The number of aliphatic hydroxyl groups excluding tert-OH is 2. The van der Waals surface area contributed by atoms with Crippen LogP contribution in [0.2, 0.25) is 5.02 Å². The first-order valence-corrected chi connectivity index (χ1v) is 33.1. The zero-order valence-corrected chi connectivity index (χ0v) is 56.6. The number of esters is 4. The molecule has 0 unspecified atom stereocenters. The van der Waals surface area contributed by atoms with Gasteiger partial charge in [-0.15, -0.1) is 5.10 Å². The van der Waals surface area contributed by atoms with Crippen molar-refractivity contribution in [1.82, 2.24) is 25.2 Å². The van der Waals surface area contributed by atoms with Crippen LogP contribution in [0.3, 0.4) is 0 Å². The predicted molar refractivity (Wildman–Crippen MR) is 358 cm³/mol. The van der Waals surface area contributed by atoms with Crippen LogP contribution in [0.15, 0.2) is 181 Å². The van der Waals surface area contributed by atoms with E-state index in [1.54, 1.807) is 134 Å². The van der Waals surface area contributed by atoms with Gasteiger partial charge < -0.3 is 59.3 Å². The molecule has 2 saturated heterocycles. The number of anilines is 1. The third kappa shape index (κ3) is 14.8. The SMILES string of the molecule is CC(=O)O[C@H]1C(=O)[C@@]2(C)[C@H]([C@H](OC(=O)c3ccccc3)[C@]3(O)C[C@H](OC(=O)[C@H](O)[C@@H](NC(=O)c4ccccc4)c4ccccc4)C(C)=C1C3(C)C)[C@]1(OC(C)=O)CO[C@@H]1C[C@@H]2O.O=C(Nc1ccc(Oc2ccc(F)cc2)cc1)[C@@H]1C[C@@H](Cc2ccc(F)cc2Cl)CN1C(=O)Cn1ccnn1. The maximum atomic E-state index is 15.5. The first-order valence-electron chi connectivity index (χ1n) is 32.7. The molecule has 13 atom stereocenters. The summed E-state index contributed by atoms with van der Waals surface area (Å²) in [6.45, 7) is 8.26. The van der Waals surface area contributed by atoms with Gasteiger partial charge in [0.15, 0.2) is 23.6 Å². The number of hydrogen-bond acceptors (Lipinski definition) is 19. The Morgan fingerprint density at radius 2 is 1.41 bits per heavy atom. The van der Waals surface area contributed by atoms with E-state index in [1.807, 2.05) is 0 Å². The predicted octanol–water partition coefficient (Wildman–Crippen LogP) is 8.84. The second-order valence-corrected chi connectivity index (χ2v) is 27.0. The molecular formula is C75H75ClF2N6O17. The van der Waals surface area contributed by atoms with Gasteiger partial charge in [0.05, 0.1) is 41.8 Å². The van der Waals surface area contributed by atoms with Crippen LogP contribution in [0, 0.1) is 34.3 Å². The van der Waals surface area contributed by atoms with Gasteiger partial charge in [-0.25, -0.2) is 23.1 Å². The Morgan fingerprint density at radius 1 is 0.782 bits per heavy atom. The highest BCUT2D eigenvalue weighted by molar-refractivity contribution is 6.31. The summed E-state index contributed by atoms with van der Waals surface area (Å²) in [5, 5.41) is 51.0. The van der Waals surface area contributed by atoms with Crippen molar-refractivity contribution in [3.8, 4) is 11.5 Å². The van der Waals surface area contributed by atoms with E-state index in [0.717, 1.165) is 19.4 Å². The molecule has 7 aromatic rings. The molecule has 528 valence electrons. The van der Waals surface area contributed by atoms with Crippen molar-refractivity contribution in [3.05, 3.63) is 220 Å². The van der Waals surface area contributed by atoms with Crippen LogP contribution in [0.5, 0.6) is 11.5 Å². The van der Waals surface area contributed by atoms with E-state index in [9.17, 15) is 57.7 Å². The lowest BCUT2D eigenvalue weighted by Crippen LogP contribution is -2.82. The molecule has 0 spiro atoms. The van der Waals surface area contributed by atoms with Gasteiger partial charge in [-0.1, -0.05) is 103 Å². The maximum Gasteiger partial charge on any atom is 0.338 e. The first kappa shape index (κ1) is 72.2. The monoisotopic (exact) mass is 1400 g/mol. The topological polar surface area (TPSA) is 311 Å². The standard InChI is InChI=1S/C47H51NO14.C28H24ClF2N5O3/c1-25-31(60-43(56)36(52)35(28-16-10-7-11-17-28)48-41(54)29-18-12-8-13-19-29)23-47(57)40(61-42(55)30-20-14-9-15-21-30)38-45(6,32(51)22-33-46(38,24-58-33)62-27(3)50)39(53)37(59-26(2)49)34(25)44(47,4)5;29-25-15-21(31)2-1-19(25)13-18-14-26(36(16-18)27(37)17-35-12-11-32-34-35)28(38)33-22-5-9-24(10-6-22)39-23-7-3-20(30)4-8-23/h7-21,31-33,35-38,40,51-52,57H,22-24H2,1-6H3,(H,48,54);1-12,15,18,26H,13-14,16-17H2,(H,33,38)/t31-,32-,33+,35-,36+,37+,38-,40-,45+,46-,47+;18-,26+/m01/s1. The fourth-order valence-electron chi connectivity index (χ4n) is 14.8. The average molecular weight is 1410 g/mol. The van der Waals surface area contributed by atoms with Gasteiger partial charge in [-0.05, 0) is 140 Å². The van der Waals surface area contributed by atoms with Crippen molar-refractivity contribution in [3.63, 3.8) is 0 Å². The van der Waals surface area contributed by atoms with Crippen molar-refractivity contribution >= 4 is 64.7 Å². The number of carbonyl (C=O) groups excluding carboxylic acids is 8. The minimum Gasteiger partial charge on any atom is -0.457 e. The molecule has 5 aliphatic rings. The minimum absolute atomic E-state index is 0.00289. The zero-order chi connectivity index (χ0) is 72.3. The minimum atomic E-state index is -2.39. The molecule has 23 nitrogen and oxygen atoms in total. The van der Waals surface area contributed by atoms with Crippen LogP contribution < -0.4 is 15.4 Å². The molecule has 26 heteroatoms. The van der Waals surface area contributed by atoms with E-state index < -0.39 is 124 Å². The number of hydrogen-bond donors (Lipinski definition) is 5. The highest BCUT2D eigenvalue weighted by Crippen LogP contribution is 2.64. The number of Topliss-reactive ketones (excluding diaryl/α,β-unsaturated/α-hetero) is 1. The van der Waals surface area contributed by atoms with Crippen LogP contribution in [-0.4, -0.2) is 150 Å². The fraction of sp³-hybridized carbons (Fsp3) is 0.360. The van der Waals surface area contributed by atoms with Crippen molar-refractivity contribution in [2.75, 3.05) is 18.5 Å². The van der Waals surface area contributed by atoms with Crippen LogP contribution in [0.25, 0.3) is 0 Å². The second kappa shape index (κ2) is 29.6. The number of nitrogens with one attached hydrogen (secondary N) is 2. The molecule has 3 amide bonds. The molecule has 4 fully saturated rings. The van der Waals surface area contributed by atoms with Crippen LogP contribution >= 0.6 is 11.6 Å². The number of fused-ring (bicyclic) bond motifs is 5. The van der Waals surface area contributed by atoms with Crippen LogP contribution in [0.1, 0.15) is 98.7 Å². The molecular weight excluding hydrogens is 1330 g/mol. The summed E-state index contributed by atoms with van der Waals surface area (Å²) >= 11 is 6.23. The molecule has 5 N–H and O–H groups in total. The molecule has 12 rings (SSSR count). The van der Waals surface area contributed by atoms with E-state index in [-0.39, 0.29) is 65.4 Å². The number of aromatic nitrogens is 3. The number of ether oxygens (including phenoxy) is 6. The summed E-state index contributed by atoms with van der Waals surface area (Å²) in [6, 6.07) is 38.8. The van der Waals surface area contributed by atoms with Crippen molar-refractivity contribution in [1.29, 1.82) is 0 Å². The lowest BCUT2D eigenvalue weighted by Gasteiger charge is -2.67. The Bertz CT molecular complexity index is 4270. The molecule has 2 saturated carbocycles. The number of benzene rings is 6. The Kier molecular flexibility index (Phi) is 21.2. The summed E-state index contributed by atoms with van der Waals surface area (Å²) in [5.41, 5.74) is -5.74. The van der Waals surface area contributed by atoms with Gasteiger partial charge in [0.1, 0.15) is 59.6 Å². The molecule has 1 aromatic heterocycles. The lowest BCUT2D eigenvalue weighted by molar-refractivity contribution is -0.346. The lowest BCUT2D eigenvalue weighted by atomic mass is 9.44. The molecule has 0 radical (unpaired) electrons. The summed E-state index contributed by atoms with van der Waals surface area (Å²) in [6.07, 6.45) is -6.55. The second-order valence-electron chi connectivity index (χ2n) is 26.6. The quantitative estimate of drug-likeness (QED) is 0.0304. The van der Waals surface area contributed by atoms with E-state index in [0.29, 0.717) is 47.2 Å². The molecule has 2 bridgehead atoms. The van der Waals surface area contributed by atoms with Crippen molar-refractivity contribution < 1.29 is 90.9 Å². The van der Waals surface area contributed by atoms with Crippen LogP contribution in [0.4, 0.5) is 14.5 Å². The number of carbonyl (C=O) groups is 8. The Hall–Kier alpha value is -10.1. The number of amides is 3. The Balaban J connectivity index is 0.000000225. The van der Waals surface area contributed by atoms with E-state index in [4.69, 9.17) is 40.0 Å². The van der Waals surface area contributed by atoms with Gasteiger partial charge in [0, 0.05) is 61.1 Å². The molecule has 3 heterocycles. The third-order valence-corrected chi connectivity index (χ3v) is 20.3. The summed E-state index contributed by atoms with van der Waals surface area (Å²) in [7, 11) is 0. The summed E-state index contributed by atoms with van der Waals surface area (Å²) < 4.78 is 64.0. The number of halogens is 3. The van der Waals surface area contributed by atoms with E-state index in [2.05, 4.69) is 20.9 Å². The molecule has 2 aliphatic heterocycles. The Labute approximate surface area is 584 Å². The van der Waals surface area contributed by atoms with Crippen molar-refractivity contribution in [2.45, 2.75) is 134 Å². The molecule has 101 heavy (non-hydrogen) atoms. The highest BCUT2D eigenvalue weighted by atomic mass is 35.5. The Morgan fingerprint density at radius 3 is 2.00 bits per heavy atom. The summed E-state index contributed by atoms with van der Waals surface area (Å²) in [4.78, 5) is 112. The van der Waals surface area contributed by atoms with Crippen LogP contribution in [-0.2, 0) is 65.4 Å². The smallest absolute Gasteiger partial charge is 0.338 e. The van der Waals surface area contributed by atoms with E-state index >= 15 is 4.79 Å². The van der Waals surface area contributed by atoms with Gasteiger partial charge in [-0.3, -0.25) is 28.8 Å². The van der Waals surface area contributed by atoms with Gasteiger partial charge >= 0.3 is 23.9 Å². The zero-order valence-electron chi connectivity index (χ0n) is 55.9. The fourth-order valence-corrected chi connectivity index (χ4v) is 15.0. The average Bonchev–Trinajstić information content (AvgIpc) is 1.61. The van der Waals surface area contributed by atoms with Crippen molar-refractivity contribution in [2.24, 2.45) is 22.7 Å². The number of ketones is 1. The normalized spacial score (nSPS) is 26.0. The number of nitrogens with zero attached hydrogens (tertiary/aromatic N) is 4. The molecule has 3 aliphatic carbocycles.